The van der Waals surface area contributed by atoms with Crippen LogP contribution in [0.4, 0.5) is 0 Å². The van der Waals surface area contributed by atoms with E-state index in [2.05, 4.69) is 9.97 Å². The molecule has 1 heterocycles. The van der Waals surface area contributed by atoms with Gasteiger partial charge in [0.2, 0.25) is 5.88 Å². The van der Waals surface area contributed by atoms with E-state index in [1.165, 1.54) is 13.3 Å². The van der Waals surface area contributed by atoms with Crippen LogP contribution >= 0.6 is 11.6 Å². The molecule has 0 unspecified atom stereocenters. The number of halogens is 1. The van der Waals surface area contributed by atoms with Crippen LogP contribution in [0.1, 0.15) is 5.56 Å². The van der Waals surface area contributed by atoms with E-state index < -0.39 is 0 Å². The van der Waals surface area contributed by atoms with Crippen molar-refractivity contribution in [2.45, 2.75) is 6.61 Å². The topological polar surface area (TPSA) is 64.5 Å². The lowest BCUT2D eigenvalue weighted by atomic mass is 10.2. The second-order valence-corrected chi connectivity index (χ2v) is 3.78. The summed E-state index contributed by atoms with van der Waals surface area (Å²) in [6.45, 7) is -0.129. The molecule has 0 spiro atoms. The molecule has 0 bridgehead atoms. The smallest absolute Gasteiger partial charge is 0.319 e. The van der Waals surface area contributed by atoms with Gasteiger partial charge in [-0.2, -0.15) is 4.98 Å². The van der Waals surface area contributed by atoms with Crippen LogP contribution in [0, 0.1) is 0 Å². The Balaban J connectivity index is 2.33. The molecule has 0 radical (unpaired) electrons. The molecule has 1 N–H and O–H groups in total. The summed E-state index contributed by atoms with van der Waals surface area (Å²) in [5.41, 5.74) is 0.645. The average molecular weight is 267 g/mol. The molecular formula is C12H11ClN2O3. The zero-order valence-corrected chi connectivity index (χ0v) is 10.4. The highest BCUT2D eigenvalue weighted by molar-refractivity contribution is 6.31. The van der Waals surface area contributed by atoms with Crippen LogP contribution in [0.5, 0.6) is 17.6 Å². The van der Waals surface area contributed by atoms with E-state index in [1.54, 1.807) is 24.3 Å². The third-order valence-electron chi connectivity index (χ3n) is 2.22. The first-order valence-corrected chi connectivity index (χ1v) is 5.55. The SMILES string of the molecule is COc1ncc(Cl)c(Oc2ccccc2CO)n1. The predicted octanol–water partition coefficient (Wildman–Crippen LogP) is 2.42. The fraction of sp³-hybridized carbons (Fsp3) is 0.167. The van der Waals surface area contributed by atoms with Gasteiger partial charge in [0.1, 0.15) is 10.8 Å². The number of ether oxygens (including phenoxy) is 2. The van der Waals surface area contributed by atoms with E-state index in [0.717, 1.165) is 0 Å². The summed E-state index contributed by atoms with van der Waals surface area (Å²) in [5.74, 6) is 0.673. The molecule has 1 aromatic heterocycles. The Bertz CT molecular complexity index is 549. The van der Waals surface area contributed by atoms with Crippen molar-refractivity contribution in [3.05, 3.63) is 41.0 Å². The van der Waals surface area contributed by atoms with Gasteiger partial charge in [0, 0.05) is 5.56 Å². The van der Waals surface area contributed by atoms with Crippen LogP contribution in [0.3, 0.4) is 0 Å². The highest BCUT2D eigenvalue weighted by Crippen LogP contribution is 2.29. The Morgan fingerprint density at radius 1 is 1.33 bits per heavy atom. The number of hydrogen-bond donors (Lipinski definition) is 1. The van der Waals surface area contributed by atoms with E-state index in [0.29, 0.717) is 11.3 Å². The van der Waals surface area contributed by atoms with Gasteiger partial charge in [0.25, 0.3) is 0 Å². The van der Waals surface area contributed by atoms with Crippen LogP contribution in [0.25, 0.3) is 0 Å². The highest BCUT2D eigenvalue weighted by Gasteiger charge is 2.10. The summed E-state index contributed by atoms with van der Waals surface area (Å²) >= 11 is 5.93. The number of para-hydroxylation sites is 1. The van der Waals surface area contributed by atoms with Gasteiger partial charge < -0.3 is 14.6 Å². The maximum absolute atomic E-state index is 9.20. The third kappa shape index (κ3) is 2.69. The molecule has 94 valence electrons. The summed E-state index contributed by atoms with van der Waals surface area (Å²) in [6.07, 6.45) is 1.39. The number of aliphatic hydroxyl groups excluding tert-OH is 1. The molecule has 0 atom stereocenters. The predicted molar refractivity (Wildman–Crippen MR) is 66.0 cm³/mol. The second kappa shape index (κ2) is 5.66. The first kappa shape index (κ1) is 12.6. The zero-order chi connectivity index (χ0) is 13.0. The van der Waals surface area contributed by atoms with Crippen LogP contribution in [0.15, 0.2) is 30.5 Å². The van der Waals surface area contributed by atoms with E-state index in [4.69, 9.17) is 21.1 Å². The number of benzene rings is 1. The van der Waals surface area contributed by atoms with Crippen molar-refractivity contribution in [2.75, 3.05) is 7.11 Å². The number of nitrogens with zero attached hydrogens (tertiary/aromatic N) is 2. The number of hydrogen-bond acceptors (Lipinski definition) is 5. The molecule has 1 aromatic carbocycles. The summed E-state index contributed by atoms with van der Waals surface area (Å²) in [6, 6.07) is 7.23. The lowest BCUT2D eigenvalue weighted by Gasteiger charge is -2.10. The van der Waals surface area contributed by atoms with Crippen molar-refractivity contribution >= 4 is 11.6 Å². The summed E-state index contributed by atoms with van der Waals surface area (Å²) in [4.78, 5) is 7.84. The zero-order valence-electron chi connectivity index (χ0n) is 9.63. The Morgan fingerprint density at radius 2 is 2.11 bits per heavy atom. The van der Waals surface area contributed by atoms with Gasteiger partial charge in [-0.15, -0.1) is 0 Å². The molecule has 0 saturated heterocycles. The van der Waals surface area contributed by atoms with E-state index in [-0.39, 0.29) is 23.5 Å². The van der Waals surface area contributed by atoms with Crippen LogP contribution in [-0.4, -0.2) is 22.2 Å². The van der Waals surface area contributed by atoms with Gasteiger partial charge in [-0.25, -0.2) is 4.98 Å². The van der Waals surface area contributed by atoms with Gasteiger partial charge in [-0.1, -0.05) is 29.8 Å². The molecule has 0 amide bonds. The summed E-state index contributed by atoms with van der Waals surface area (Å²) < 4.78 is 10.4. The average Bonchev–Trinajstić information content (AvgIpc) is 2.42. The Morgan fingerprint density at radius 3 is 2.83 bits per heavy atom. The fourth-order valence-electron chi connectivity index (χ4n) is 1.34. The standard InChI is InChI=1S/C12H11ClN2O3/c1-17-12-14-6-9(13)11(15-12)18-10-5-3-2-4-8(10)7-16/h2-6,16H,7H2,1H3. The molecule has 0 aliphatic carbocycles. The van der Waals surface area contributed by atoms with E-state index in [9.17, 15) is 5.11 Å². The fourth-order valence-corrected chi connectivity index (χ4v) is 1.47. The monoisotopic (exact) mass is 266 g/mol. The lowest BCUT2D eigenvalue weighted by Crippen LogP contribution is -1.97. The first-order valence-electron chi connectivity index (χ1n) is 5.17. The van der Waals surface area contributed by atoms with E-state index >= 15 is 0 Å². The molecule has 0 aliphatic rings. The van der Waals surface area contributed by atoms with Crippen molar-refractivity contribution < 1.29 is 14.6 Å². The van der Waals surface area contributed by atoms with Gasteiger partial charge in [0.15, 0.2) is 0 Å². The third-order valence-corrected chi connectivity index (χ3v) is 2.48. The van der Waals surface area contributed by atoms with Crippen LogP contribution < -0.4 is 9.47 Å². The van der Waals surface area contributed by atoms with Crippen LogP contribution in [0.2, 0.25) is 5.02 Å². The quantitative estimate of drug-likeness (QED) is 0.921. The summed E-state index contributed by atoms with van der Waals surface area (Å²) in [7, 11) is 1.45. The van der Waals surface area contributed by atoms with Crippen LogP contribution in [-0.2, 0) is 6.61 Å². The second-order valence-electron chi connectivity index (χ2n) is 3.38. The molecule has 5 nitrogen and oxygen atoms in total. The maximum atomic E-state index is 9.20. The molecule has 0 aliphatic heterocycles. The Labute approximate surface area is 109 Å². The maximum Gasteiger partial charge on any atom is 0.319 e. The number of methoxy groups -OCH3 is 1. The number of rotatable bonds is 4. The normalized spacial score (nSPS) is 10.2. The number of aliphatic hydroxyl groups is 1. The molecular weight excluding hydrogens is 256 g/mol. The Kier molecular flexibility index (Phi) is 3.96. The minimum Gasteiger partial charge on any atom is -0.467 e. The van der Waals surface area contributed by atoms with Gasteiger partial charge in [-0.05, 0) is 6.07 Å². The largest absolute Gasteiger partial charge is 0.467 e. The summed E-state index contributed by atoms with van der Waals surface area (Å²) in [5, 5.41) is 9.46. The molecule has 0 fully saturated rings. The molecule has 0 saturated carbocycles. The van der Waals surface area contributed by atoms with Crippen molar-refractivity contribution in [1.82, 2.24) is 9.97 Å². The van der Waals surface area contributed by atoms with Gasteiger partial charge in [-0.3, -0.25) is 0 Å². The highest BCUT2D eigenvalue weighted by atomic mass is 35.5. The van der Waals surface area contributed by atoms with E-state index in [1.807, 2.05) is 0 Å². The van der Waals surface area contributed by atoms with Crippen molar-refractivity contribution in [2.24, 2.45) is 0 Å². The molecule has 18 heavy (non-hydrogen) atoms. The van der Waals surface area contributed by atoms with Crippen molar-refractivity contribution in [3.63, 3.8) is 0 Å². The molecule has 2 rings (SSSR count). The minimum absolute atomic E-state index is 0.129. The number of aromatic nitrogens is 2. The van der Waals surface area contributed by atoms with Gasteiger partial charge >= 0.3 is 6.01 Å². The van der Waals surface area contributed by atoms with Crippen molar-refractivity contribution in [3.8, 4) is 17.6 Å². The molecule has 6 heteroatoms. The Hall–Kier alpha value is -1.85. The molecule has 2 aromatic rings. The van der Waals surface area contributed by atoms with Crippen molar-refractivity contribution in [1.29, 1.82) is 0 Å². The minimum atomic E-state index is -0.129. The van der Waals surface area contributed by atoms with Gasteiger partial charge in [0.05, 0.1) is 19.9 Å². The lowest BCUT2D eigenvalue weighted by molar-refractivity contribution is 0.276. The first-order chi connectivity index (χ1) is 8.74.